The van der Waals surface area contributed by atoms with Gasteiger partial charge in [0.15, 0.2) is 0 Å². The molecule has 150 valence electrons. The minimum absolute atomic E-state index is 0.201. The summed E-state index contributed by atoms with van der Waals surface area (Å²) >= 11 is 0. The molecule has 0 fully saturated rings. The van der Waals surface area contributed by atoms with Crippen LogP contribution in [0.25, 0.3) is 11.5 Å². The van der Waals surface area contributed by atoms with Gasteiger partial charge in [-0.25, -0.2) is 4.39 Å². The second-order valence-corrected chi connectivity index (χ2v) is 7.03. The summed E-state index contributed by atoms with van der Waals surface area (Å²) in [5.41, 5.74) is 3.45. The first-order chi connectivity index (χ1) is 14.6. The third-order valence-electron chi connectivity index (χ3n) is 4.70. The van der Waals surface area contributed by atoms with E-state index in [1.54, 1.807) is 12.1 Å². The standard InChI is InChI=1S/C24H20FN3O2/c1-16-7-9-17(10-8-16)15-21(29)26-22(18-11-13-20(25)14-12-18)24-28-27-23(30-24)19-5-3-2-4-6-19/h2-14,22H,15H2,1H3,(H,26,29)/t22-/m0/s1. The van der Waals surface area contributed by atoms with Crippen LogP contribution in [0.1, 0.15) is 28.6 Å². The first-order valence-corrected chi connectivity index (χ1v) is 9.58. The highest BCUT2D eigenvalue weighted by Gasteiger charge is 2.23. The maximum absolute atomic E-state index is 13.4. The third-order valence-corrected chi connectivity index (χ3v) is 4.70. The minimum Gasteiger partial charge on any atom is -0.418 e. The van der Waals surface area contributed by atoms with Gasteiger partial charge in [0.05, 0.1) is 6.42 Å². The van der Waals surface area contributed by atoms with Crippen molar-refractivity contribution in [2.45, 2.75) is 19.4 Å². The fraction of sp³-hybridized carbons (Fsp3) is 0.125. The van der Waals surface area contributed by atoms with E-state index < -0.39 is 6.04 Å². The molecule has 6 heteroatoms. The molecule has 4 rings (SSSR count). The summed E-state index contributed by atoms with van der Waals surface area (Å²) in [6, 6.07) is 22.3. The summed E-state index contributed by atoms with van der Waals surface area (Å²) < 4.78 is 19.3. The molecule has 0 saturated carbocycles. The molecule has 0 aliphatic heterocycles. The number of hydrogen-bond donors (Lipinski definition) is 1. The van der Waals surface area contributed by atoms with E-state index in [1.807, 2.05) is 61.5 Å². The average molecular weight is 401 g/mol. The molecular formula is C24H20FN3O2. The molecule has 1 amide bonds. The summed E-state index contributed by atoms with van der Waals surface area (Å²) in [4.78, 5) is 12.7. The molecule has 0 saturated heterocycles. The number of halogens is 1. The van der Waals surface area contributed by atoms with Crippen molar-refractivity contribution in [1.82, 2.24) is 15.5 Å². The second-order valence-electron chi connectivity index (χ2n) is 7.03. The highest BCUT2D eigenvalue weighted by Crippen LogP contribution is 2.25. The maximum atomic E-state index is 13.4. The monoisotopic (exact) mass is 401 g/mol. The predicted octanol–water partition coefficient (Wildman–Crippen LogP) is 4.63. The maximum Gasteiger partial charge on any atom is 0.247 e. The van der Waals surface area contributed by atoms with Gasteiger partial charge in [0.1, 0.15) is 11.9 Å². The number of carbonyl (C=O) groups excluding carboxylic acids is 1. The van der Waals surface area contributed by atoms with E-state index in [0.717, 1.165) is 16.7 Å². The van der Waals surface area contributed by atoms with Crippen molar-refractivity contribution in [3.8, 4) is 11.5 Å². The van der Waals surface area contributed by atoms with Gasteiger partial charge in [0.25, 0.3) is 0 Å². The Bertz CT molecular complexity index is 1120. The Morgan fingerprint density at radius 1 is 0.967 bits per heavy atom. The van der Waals surface area contributed by atoms with Crippen molar-refractivity contribution in [1.29, 1.82) is 0 Å². The molecule has 0 aliphatic carbocycles. The predicted molar refractivity (Wildman–Crippen MR) is 111 cm³/mol. The van der Waals surface area contributed by atoms with Crippen molar-refractivity contribution >= 4 is 5.91 Å². The Balaban J connectivity index is 1.60. The van der Waals surface area contributed by atoms with Crippen LogP contribution in [0.3, 0.4) is 0 Å². The van der Waals surface area contributed by atoms with Crippen LogP contribution in [0.2, 0.25) is 0 Å². The van der Waals surface area contributed by atoms with Crippen molar-refractivity contribution in [2.24, 2.45) is 0 Å². The number of carbonyl (C=O) groups is 1. The molecule has 0 radical (unpaired) electrons. The Morgan fingerprint density at radius 2 is 1.67 bits per heavy atom. The van der Waals surface area contributed by atoms with E-state index in [1.165, 1.54) is 12.1 Å². The number of aromatic nitrogens is 2. The van der Waals surface area contributed by atoms with Gasteiger partial charge in [-0.05, 0) is 42.3 Å². The van der Waals surface area contributed by atoms with Crippen molar-refractivity contribution in [3.63, 3.8) is 0 Å². The lowest BCUT2D eigenvalue weighted by Crippen LogP contribution is -2.30. The zero-order valence-electron chi connectivity index (χ0n) is 16.4. The SMILES string of the molecule is Cc1ccc(CC(=O)N[C@@H](c2ccc(F)cc2)c2nnc(-c3ccccc3)o2)cc1. The molecule has 0 bridgehead atoms. The highest BCUT2D eigenvalue weighted by atomic mass is 19.1. The molecule has 1 atom stereocenters. The summed E-state index contributed by atoms with van der Waals surface area (Å²) in [7, 11) is 0. The normalized spacial score (nSPS) is 11.8. The number of nitrogens with one attached hydrogen (secondary N) is 1. The van der Waals surface area contributed by atoms with Crippen LogP contribution in [0.15, 0.2) is 83.3 Å². The number of aryl methyl sites for hydroxylation is 1. The Morgan fingerprint density at radius 3 is 2.37 bits per heavy atom. The van der Waals surface area contributed by atoms with E-state index >= 15 is 0 Å². The smallest absolute Gasteiger partial charge is 0.247 e. The van der Waals surface area contributed by atoms with Gasteiger partial charge in [0.2, 0.25) is 17.7 Å². The molecule has 4 aromatic rings. The molecule has 5 nitrogen and oxygen atoms in total. The average Bonchev–Trinajstić information content (AvgIpc) is 3.25. The lowest BCUT2D eigenvalue weighted by molar-refractivity contribution is -0.121. The Kier molecular flexibility index (Phi) is 5.66. The Hall–Kier alpha value is -3.80. The molecule has 0 aliphatic rings. The first-order valence-electron chi connectivity index (χ1n) is 9.58. The minimum atomic E-state index is -0.687. The highest BCUT2D eigenvalue weighted by molar-refractivity contribution is 5.79. The van der Waals surface area contributed by atoms with Crippen molar-refractivity contribution in [2.75, 3.05) is 0 Å². The zero-order chi connectivity index (χ0) is 20.9. The van der Waals surface area contributed by atoms with Crippen LogP contribution in [-0.2, 0) is 11.2 Å². The summed E-state index contributed by atoms with van der Waals surface area (Å²) in [5, 5.41) is 11.2. The number of nitrogens with zero attached hydrogens (tertiary/aromatic N) is 2. The van der Waals surface area contributed by atoms with E-state index in [9.17, 15) is 9.18 Å². The summed E-state index contributed by atoms with van der Waals surface area (Å²) in [6.45, 7) is 1.99. The molecule has 1 heterocycles. The van der Waals surface area contributed by atoms with Gasteiger partial charge in [-0.15, -0.1) is 10.2 Å². The van der Waals surface area contributed by atoms with E-state index in [0.29, 0.717) is 11.5 Å². The topological polar surface area (TPSA) is 68.0 Å². The number of amides is 1. The van der Waals surface area contributed by atoms with Crippen LogP contribution < -0.4 is 5.32 Å². The molecular weight excluding hydrogens is 381 g/mol. The van der Waals surface area contributed by atoms with Crippen LogP contribution in [-0.4, -0.2) is 16.1 Å². The van der Waals surface area contributed by atoms with Crippen LogP contribution in [0.4, 0.5) is 4.39 Å². The molecule has 1 aromatic heterocycles. The lowest BCUT2D eigenvalue weighted by atomic mass is 10.1. The largest absolute Gasteiger partial charge is 0.418 e. The fourth-order valence-electron chi connectivity index (χ4n) is 3.09. The number of rotatable bonds is 6. The van der Waals surface area contributed by atoms with E-state index in [-0.39, 0.29) is 24.0 Å². The van der Waals surface area contributed by atoms with Gasteiger partial charge < -0.3 is 9.73 Å². The fourth-order valence-corrected chi connectivity index (χ4v) is 3.09. The van der Waals surface area contributed by atoms with Crippen molar-refractivity contribution < 1.29 is 13.6 Å². The first kappa shape index (κ1) is 19.5. The molecule has 0 unspecified atom stereocenters. The quantitative estimate of drug-likeness (QED) is 0.511. The van der Waals surface area contributed by atoms with E-state index in [2.05, 4.69) is 15.5 Å². The van der Waals surface area contributed by atoms with Gasteiger partial charge >= 0.3 is 0 Å². The van der Waals surface area contributed by atoms with Crippen molar-refractivity contribution in [3.05, 3.63) is 107 Å². The van der Waals surface area contributed by atoms with Crippen LogP contribution in [0.5, 0.6) is 0 Å². The molecule has 3 aromatic carbocycles. The number of hydrogen-bond acceptors (Lipinski definition) is 4. The number of benzene rings is 3. The van der Waals surface area contributed by atoms with E-state index in [4.69, 9.17) is 4.42 Å². The molecule has 30 heavy (non-hydrogen) atoms. The second kappa shape index (κ2) is 8.69. The van der Waals surface area contributed by atoms with Gasteiger partial charge in [-0.2, -0.15) is 0 Å². The third kappa shape index (κ3) is 4.60. The summed E-state index contributed by atoms with van der Waals surface area (Å²) in [6.07, 6.45) is 0.206. The van der Waals surface area contributed by atoms with Gasteiger partial charge in [0, 0.05) is 5.56 Å². The zero-order valence-corrected chi connectivity index (χ0v) is 16.4. The van der Waals surface area contributed by atoms with Crippen LogP contribution in [0, 0.1) is 12.7 Å². The van der Waals surface area contributed by atoms with Gasteiger partial charge in [-0.3, -0.25) is 4.79 Å². The van der Waals surface area contributed by atoms with Gasteiger partial charge in [-0.1, -0.05) is 60.2 Å². The molecule has 1 N–H and O–H groups in total. The Labute approximate surface area is 173 Å². The summed E-state index contributed by atoms with van der Waals surface area (Å²) in [5.74, 6) is 0.0230. The molecule has 0 spiro atoms. The van der Waals surface area contributed by atoms with Crippen LogP contribution >= 0.6 is 0 Å². The lowest BCUT2D eigenvalue weighted by Gasteiger charge is -2.16.